The topological polar surface area (TPSA) is 166 Å². The van der Waals surface area contributed by atoms with Gasteiger partial charge in [-0.25, -0.2) is 8.42 Å². The van der Waals surface area contributed by atoms with E-state index < -0.39 is 10.0 Å². The van der Waals surface area contributed by atoms with Crippen LogP contribution in [0.25, 0.3) is 0 Å². The third-order valence-electron chi connectivity index (χ3n) is 22.4. The Kier molecular flexibility index (Phi) is 57.3. The van der Waals surface area contributed by atoms with Crippen LogP contribution in [0.1, 0.15) is 269 Å². The molecule has 8 atom stereocenters. The van der Waals surface area contributed by atoms with Gasteiger partial charge in [0.25, 0.3) is 0 Å². The zero-order chi connectivity index (χ0) is 79.9. The van der Waals surface area contributed by atoms with Crippen molar-refractivity contribution in [3.05, 3.63) is 0 Å². The van der Waals surface area contributed by atoms with E-state index in [-0.39, 0.29) is 11.8 Å². The molecular weight excluding hydrogens is 1350 g/mol. The first-order chi connectivity index (χ1) is 50.7. The van der Waals surface area contributed by atoms with E-state index in [0.717, 1.165) is 155 Å². The molecule has 0 aromatic carbocycles. The first kappa shape index (κ1) is 102. The standard InChI is InChI=1S/2C9H17N.2C8H16N2.C8H18N2.C7H16N2O2S.C7H16N2.C7H15NO.C5H11N.C4H9N.3C4H10.C3H7N/c2*1-7(2)10-6-8-3-4-9(10)5-8;2*1-6(2)10-5-7-3-8(10)4-9-7;1-8(2)10-6-3-4-9-5-7-10;1-7(2)9-5-3-8-4-6-12(9,10)11;1-7(2)9-5-3-8-4-6-9;1-7(2)8-3-5-9-6-4-8;1-2-4-6-5-3-1;1-2-4-5-3-1;3*1-4(2)3;1-2-4-3-1/h2*7-9H,3-6H2,1-2H3;2*6-9H,3-5H2,1-2H3;8-9H,3-7H2,1-2H3;7-8H,3-6H2,1-2H3;7-8H,3-6H2,1-2H3;7H,3-6H2,1-2H3;6H,1-5H2;5H,1-4H2;3*4H,1-3H3;4H,1-3H2. The number of piperazine rings is 3. The van der Waals surface area contributed by atoms with Crippen molar-refractivity contribution in [1.29, 1.82) is 0 Å². The summed E-state index contributed by atoms with van der Waals surface area (Å²) < 4.78 is 29.8. The van der Waals surface area contributed by atoms with E-state index in [2.05, 4.69) is 236 Å². The third-order valence-corrected chi connectivity index (χ3v) is 24.4. The quantitative estimate of drug-likeness (QED) is 0.116. The monoisotopic (exact) mass is 1540 g/mol. The van der Waals surface area contributed by atoms with Crippen molar-refractivity contribution in [3.8, 4) is 0 Å². The van der Waals surface area contributed by atoms with Gasteiger partial charge in [0.2, 0.25) is 10.0 Å². The smallest absolute Gasteiger partial charge is 0.215 e. The molecule has 8 bridgehead atoms. The lowest BCUT2D eigenvalue weighted by Gasteiger charge is -2.30. The first-order valence-electron chi connectivity index (χ1n) is 45.3. The molecule has 640 valence electrons. The highest BCUT2D eigenvalue weighted by molar-refractivity contribution is 7.89. The van der Waals surface area contributed by atoms with Crippen molar-refractivity contribution >= 4 is 10.0 Å². The summed E-state index contributed by atoms with van der Waals surface area (Å²) in [6, 6.07) is 10.5. The summed E-state index contributed by atoms with van der Waals surface area (Å²) in [5, 5.41) is 26.4. The Balaban J connectivity index is 0.000000396. The van der Waals surface area contributed by atoms with Gasteiger partial charge in [-0.2, -0.15) is 4.31 Å². The number of nitrogens with zero attached hydrogens (tertiary/aromatic N) is 8. The summed E-state index contributed by atoms with van der Waals surface area (Å²) in [6.07, 6.45) is 21.4. The second kappa shape index (κ2) is 59.9. The van der Waals surface area contributed by atoms with Crippen LogP contribution >= 0.6 is 0 Å². The number of ether oxygens (including phenoxy) is 1. The highest BCUT2D eigenvalue weighted by atomic mass is 32.2. The molecule has 8 N–H and O–H groups in total. The fraction of sp³-hybridized carbons (Fsp3) is 1.00. The van der Waals surface area contributed by atoms with Gasteiger partial charge >= 0.3 is 0 Å². The summed E-state index contributed by atoms with van der Waals surface area (Å²) in [4.78, 5) is 18.0. The number of nitrogens with one attached hydrogen (secondary N) is 8. The number of fused-ring (bicyclic) bond motifs is 8. The van der Waals surface area contributed by atoms with Gasteiger partial charge in [0.1, 0.15) is 0 Å². The molecule has 15 fully saturated rings. The fourth-order valence-corrected chi connectivity index (χ4v) is 17.9. The molecule has 13 saturated heterocycles. The number of rotatable bonds is 8. The number of sulfonamides is 1. The van der Waals surface area contributed by atoms with Crippen LogP contribution in [0, 0.1) is 29.6 Å². The van der Waals surface area contributed by atoms with Crippen LogP contribution in [0.2, 0.25) is 0 Å². The molecular formula is C87H188N16O3S. The van der Waals surface area contributed by atoms with Crippen LogP contribution in [0.5, 0.6) is 0 Å². The molecule has 8 unspecified atom stereocenters. The van der Waals surface area contributed by atoms with Crippen LogP contribution in [0.3, 0.4) is 0 Å². The molecule has 2 aliphatic carbocycles. The van der Waals surface area contributed by atoms with E-state index in [1.54, 1.807) is 4.31 Å². The van der Waals surface area contributed by atoms with Crippen LogP contribution < -0.4 is 42.5 Å². The van der Waals surface area contributed by atoms with Crippen LogP contribution in [-0.4, -0.2) is 314 Å². The molecule has 0 radical (unpaired) electrons. The van der Waals surface area contributed by atoms with Crippen molar-refractivity contribution in [2.45, 2.75) is 354 Å². The van der Waals surface area contributed by atoms with Gasteiger partial charge in [-0.3, -0.25) is 34.3 Å². The van der Waals surface area contributed by atoms with Gasteiger partial charge in [0.15, 0.2) is 0 Å². The second-order valence-corrected chi connectivity index (χ2v) is 39.6. The lowest BCUT2D eigenvalue weighted by molar-refractivity contribution is 0.0238. The summed E-state index contributed by atoms with van der Waals surface area (Å²) in [5.41, 5.74) is 0. The van der Waals surface area contributed by atoms with E-state index in [0.29, 0.717) is 19.1 Å². The first-order valence-corrected chi connectivity index (χ1v) is 46.9. The van der Waals surface area contributed by atoms with Crippen LogP contribution in [0.4, 0.5) is 0 Å². The highest BCUT2D eigenvalue weighted by Crippen LogP contribution is 2.39. The van der Waals surface area contributed by atoms with E-state index in [1.807, 2.05) is 13.8 Å². The molecule has 19 nitrogen and oxygen atoms in total. The maximum Gasteiger partial charge on any atom is 0.215 e. The molecule has 0 aromatic heterocycles. The summed E-state index contributed by atoms with van der Waals surface area (Å²) in [7, 11) is -2.99. The number of likely N-dealkylation sites (tertiary alicyclic amines) is 4. The van der Waals surface area contributed by atoms with Crippen LogP contribution in [0.15, 0.2) is 0 Å². The zero-order valence-corrected chi connectivity index (χ0v) is 76.4. The van der Waals surface area contributed by atoms with E-state index in [9.17, 15) is 8.42 Å². The number of morpholine rings is 1. The Labute approximate surface area is 666 Å². The Morgan fingerprint density at radius 3 is 0.860 bits per heavy atom. The lowest BCUT2D eigenvalue weighted by atomic mass is 10.1. The predicted octanol–water partition coefficient (Wildman–Crippen LogP) is 12.1. The Hall–Kier alpha value is -0.730. The minimum Gasteiger partial charge on any atom is -0.379 e. The van der Waals surface area contributed by atoms with Crippen molar-refractivity contribution in [1.82, 2.24) is 81.1 Å². The van der Waals surface area contributed by atoms with Gasteiger partial charge in [-0.15, -0.1) is 0 Å². The molecule has 107 heavy (non-hydrogen) atoms. The van der Waals surface area contributed by atoms with Crippen LogP contribution in [-0.2, 0) is 14.8 Å². The Morgan fingerprint density at radius 1 is 0.299 bits per heavy atom. The lowest BCUT2D eigenvalue weighted by Crippen LogP contribution is -2.46. The molecule has 0 spiro atoms. The van der Waals surface area contributed by atoms with Crippen molar-refractivity contribution in [2.24, 2.45) is 29.6 Å². The van der Waals surface area contributed by atoms with Gasteiger partial charge < -0.3 is 47.3 Å². The van der Waals surface area contributed by atoms with Crippen molar-refractivity contribution in [3.63, 3.8) is 0 Å². The largest absolute Gasteiger partial charge is 0.379 e. The van der Waals surface area contributed by atoms with Crippen molar-refractivity contribution in [2.75, 3.05) is 183 Å². The van der Waals surface area contributed by atoms with Gasteiger partial charge in [0, 0.05) is 196 Å². The minimum absolute atomic E-state index is 0.0786. The summed E-state index contributed by atoms with van der Waals surface area (Å²) in [5.74, 6) is 4.85. The summed E-state index contributed by atoms with van der Waals surface area (Å²) >= 11 is 0. The molecule has 15 aliphatic rings. The molecule has 13 aliphatic heterocycles. The second-order valence-electron chi connectivity index (χ2n) is 37.5. The van der Waals surface area contributed by atoms with E-state index in [4.69, 9.17) is 4.74 Å². The zero-order valence-electron chi connectivity index (χ0n) is 75.6. The Morgan fingerprint density at radius 2 is 0.607 bits per heavy atom. The van der Waals surface area contributed by atoms with E-state index in [1.165, 1.54) is 208 Å². The molecule has 20 heteroatoms. The summed E-state index contributed by atoms with van der Waals surface area (Å²) in [6.45, 7) is 86.2. The number of hydrogen-bond donors (Lipinski definition) is 8. The average Bonchev–Trinajstić information content (AvgIpc) is 1.70. The molecule has 15 rings (SSSR count). The maximum atomic E-state index is 11.5. The third kappa shape index (κ3) is 47.2. The van der Waals surface area contributed by atoms with Crippen molar-refractivity contribution < 1.29 is 13.2 Å². The number of hydrogen-bond acceptors (Lipinski definition) is 18. The van der Waals surface area contributed by atoms with E-state index >= 15 is 0 Å². The molecule has 0 amide bonds. The number of piperidine rings is 3. The Bertz CT molecular complexity index is 1950. The molecule has 13 heterocycles. The normalized spacial score (nSPS) is 28.2. The predicted molar refractivity (Wildman–Crippen MR) is 468 cm³/mol. The SMILES string of the molecule is C1CCNC1.C1CCNCC1.C1CNC1.CC(C)C.CC(C)C.CC(C)C.CC(C)N1CC2CC1CN2.CC(C)N1CC2CC1CN2.CC(C)N1CC2CCC1C2.CC(C)N1CC2CCC1C2.CC(C)N1CCCNCC1.CC(C)N1CCNCC1.CC(C)N1CCNCCS1(=O)=O.CC(C)N1CCOCC1. The minimum atomic E-state index is -2.99. The fourth-order valence-electron chi connectivity index (χ4n) is 16.3. The highest BCUT2D eigenvalue weighted by Gasteiger charge is 2.41. The van der Waals surface area contributed by atoms with Gasteiger partial charge in [0.05, 0.1) is 19.0 Å². The van der Waals surface area contributed by atoms with Gasteiger partial charge in [-0.1, -0.05) is 68.7 Å². The molecule has 2 saturated carbocycles. The molecule has 0 aromatic rings. The van der Waals surface area contributed by atoms with Gasteiger partial charge in [-0.05, 0) is 283 Å². The maximum absolute atomic E-state index is 11.5. The average molecular weight is 1540 g/mol.